The number of phosphoric ester groups is 1. The Hall–Kier alpha value is -2.56. The van der Waals surface area contributed by atoms with Crippen molar-refractivity contribution in [2.45, 2.75) is 48.8 Å². The molecule has 2 bridgehead atoms. The van der Waals surface area contributed by atoms with Crippen molar-refractivity contribution in [1.82, 2.24) is 33.9 Å². The number of aliphatic hydroxyl groups is 1. The van der Waals surface area contributed by atoms with Gasteiger partial charge in [0.15, 0.2) is 23.2 Å². The first kappa shape index (κ1) is 29.8. The van der Waals surface area contributed by atoms with Crippen molar-refractivity contribution < 1.29 is 47.0 Å². The van der Waals surface area contributed by atoms with E-state index in [1.807, 2.05) is 0 Å². The Labute approximate surface area is 259 Å². The molecule has 4 fully saturated rings. The molecular weight excluding hydrogens is 680 g/mol. The van der Waals surface area contributed by atoms with Crippen molar-refractivity contribution in [2.75, 3.05) is 24.7 Å². The summed E-state index contributed by atoms with van der Waals surface area (Å²) in [4.78, 5) is 53.3. The number of aromatic amines is 1. The van der Waals surface area contributed by atoms with E-state index in [9.17, 15) is 24.3 Å². The van der Waals surface area contributed by atoms with E-state index in [-0.39, 0.29) is 29.5 Å². The Bertz CT molecular complexity index is 2010. The average Bonchev–Trinajstić information content (AvgIpc) is 3.31. The largest absolute Gasteiger partial charge is 0.472 e. The van der Waals surface area contributed by atoms with Crippen LogP contribution >= 0.6 is 26.1 Å². The molecular formula is C21H23N9O11P2S2. The monoisotopic (exact) mass is 703 g/mol. The first-order valence-electron chi connectivity index (χ1n) is 13.3. The van der Waals surface area contributed by atoms with Crippen LogP contribution in [0, 0.1) is 5.92 Å². The fourth-order valence-electron chi connectivity index (χ4n) is 5.97. The van der Waals surface area contributed by atoms with Gasteiger partial charge in [-0.05, 0) is 29.8 Å². The van der Waals surface area contributed by atoms with Gasteiger partial charge in [0.1, 0.15) is 53.5 Å². The summed E-state index contributed by atoms with van der Waals surface area (Å²) in [7, 11) is -4.87. The van der Waals surface area contributed by atoms with Crippen LogP contribution in [0.15, 0.2) is 17.4 Å². The number of aliphatic hydroxyl groups excluding tert-OH is 1. The second-order valence-corrected chi connectivity index (χ2v) is 15.9. The summed E-state index contributed by atoms with van der Waals surface area (Å²) in [5.74, 6) is -0.588. The average molecular weight is 704 g/mol. The molecule has 0 amide bonds. The van der Waals surface area contributed by atoms with Crippen LogP contribution in [0.1, 0.15) is 23.6 Å². The lowest BCUT2D eigenvalue weighted by Crippen LogP contribution is -2.36. The summed E-state index contributed by atoms with van der Waals surface area (Å²) in [6, 6.07) is 0. The number of phosphoric acid groups is 1. The highest BCUT2D eigenvalue weighted by molar-refractivity contribution is 8.07. The maximum absolute atomic E-state index is 13.4. The van der Waals surface area contributed by atoms with Gasteiger partial charge in [0, 0.05) is 5.92 Å². The van der Waals surface area contributed by atoms with Crippen LogP contribution in [0.2, 0.25) is 0 Å². The molecule has 0 spiro atoms. The minimum Gasteiger partial charge on any atom is -0.387 e. The highest BCUT2D eigenvalue weighted by Crippen LogP contribution is 2.65. The number of nitrogens with zero attached hydrogens (tertiary/aromatic N) is 6. The van der Waals surface area contributed by atoms with Crippen LogP contribution < -0.4 is 17.0 Å². The Balaban J connectivity index is 1.12. The maximum atomic E-state index is 13.4. The van der Waals surface area contributed by atoms with Crippen molar-refractivity contribution in [2.24, 2.45) is 5.92 Å². The summed E-state index contributed by atoms with van der Waals surface area (Å²) < 4.78 is 53.7. The van der Waals surface area contributed by atoms with Crippen LogP contribution in [0.25, 0.3) is 22.2 Å². The number of ether oxygens (including phenoxy) is 2. The smallest absolute Gasteiger partial charge is 0.387 e. The molecule has 4 aromatic heterocycles. The third-order valence-electron chi connectivity index (χ3n) is 8.14. The molecule has 4 aliphatic rings. The molecule has 1 aliphatic carbocycles. The number of H-pyrrole nitrogens is 1. The number of aromatic nitrogens is 7. The van der Waals surface area contributed by atoms with Crippen LogP contribution in [0.3, 0.4) is 0 Å². The lowest BCUT2D eigenvalue weighted by Gasteiger charge is -2.29. The lowest BCUT2D eigenvalue weighted by molar-refractivity contribution is -0.0921. The quantitative estimate of drug-likeness (QED) is 0.145. The van der Waals surface area contributed by atoms with Crippen LogP contribution in [-0.2, 0) is 43.9 Å². The number of nitrogens with one attached hydrogen (secondary N) is 1. The Morgan fingerprint density at radius 2 is 1.96 bits per heavy atom. The van der Waals surface area contributed by atoms with Crippen LogP contribution in [0.5, 0.6) is 0 Å². The molecule has 3 aliphatic heterocycles. The number of rotatable bonds is 2. The van der Waals surface area contributed by atoms with Crippen LogP contribution in [-0.4, -0.2) is 92.0 Å². The molecule has 3 saturated heterocycles. The van der Waals surface area contributed by atoms with E-state index in [0.717, 1.165) is 11.5 Å². The first-order chi connectivity index (χ1) is 21.3. The normalized spacial score (nSPS) is 40.0. The van der Waals surface area contributed by atoms with Gasteiger partial charge < -0.3 is 40.4 Å². The van der Waals surface area contributed by atoms with Gasteiger partial charge in [0.05, 0.1) is 24.4 Å². The number of hydrogen-bond acceptors (Lipinski definition) is 18. The predicted molar refractivity (Wildman–Crippen MR) is 155 cm³/mol. The summed E-state index contributed by atoms with van der Waals surface area (Å²) in [5, 5.41) is 11.3. The zero-order valence-corrected chi connectivity index (χ0v) is 25.9. The molecule has 3 unspecified atom stereocenters. The number of nitrogens with two attached hydrogens (primary N) is 2. The number of fused-ring (bicyclic) bond motifs is 3. The summed E-state index contributed by atoms with van der Waals surface area (Å²) in [6.45, 7) is -5.03. The SMILES string of the molecule is Nc1nc2c(ncn2[C@@H]2O[C@]34COP(O)(=S)O[C@H]5[C@@H](O)[C@H](c6snc7c(N)ncnc67)O[C@@H]5COP(=O)(O)O[C@@H]2C3C4)c(=O)[nH]1. The summed E-state index contributed by atoms with van der Waals surface area (Å²) >= 11 is 6.25. The molecule has 8 rings (SSSR count). The third kappa shape index (κ3) is 4.92. The first-order valence-corrected chi connectivity index (χ1v) is 18.1. The number of anilines is 2. The fourth-order valence-corrected chi connectivity index (χ4v) is 9.30. The molecule has 45 heavy (non-hydrogen) atoms. The van der Waals surface area contributed by atoms with Crippen molar-refractivity contribution >= 4 is 71.8 Å². The molecule has 1 saturated carbocycles. The number of hydrogen-bond donors (Lipinski definition) is 6. The fraction of sp³-hybridized carbons (Fsp3) is 0.524. The predicted octanol–water partition coefficient (Wildman–Crippen LogP) is -0.393. The van der Waals surface area contributed by atoms with E-state index in [1.165, 1.54) is 17.2 Å². The van der Waals surface area contributed by atoms with Gasteiger partial charge in [0.2, 0.25) is 5.95 Å². The molecule has 8 N–H and O–H groups in total. The maximum Gasteiger partial charge on any atom is 0.472 e. The van der Waals surface area contributed by atoms with E-state index in [2.05, 4.69) is 29.3 Å². The Morgan fingerprint density at radius 3 is 2.78 bits per heavy atom. The summed E-state index contributed by atoms with van der Waals surface area (Å²) in [5.41, 5.74) is 10.5. The molecule has 7 heterocycles. The molecule has 20 nitrogen and oxygen atoms in total. The van der Waals surface area contributed by atoms with Crippen molar-refractivity contribution in [1.29, 1.82) is 0 Å². The van der Waals surface area contributed by atoms with Gasteiger partial charge in [-0.2, -0.15) is 9.36 Å². The van der Waals surface area contributed by atoms with Gasteiger partial charge in [-0.25, -0.2) is 19.5 Å². The van der Waals surface area contributed by atoms with E-state index >= 15 is 0 Å². The second kappa shape index (κ2) is 10.2. The third-order valence-corrected chi connectivity index (χ3v) is 11.6. The zero-order chi connectivity index (χ0) is 31.5. The number of nitrogen functional groups attached to an aromatic ring is 2. The van der Waals surface area contributed by atoms with Gasteiger partial charge in [-0.3, -0.25) is 27.9 Å². The lowest BCUT2D eigenvalue weighted by atomic mass is 10.1. The number of imidazole rings is 1. The van der Waals surface area contributed by atoms with Crippen molar-refractivity contribution in [3.8, 4) is 0 Å². The molecule has 0 aromatic carbocycles. The Morgan fingerprint density at radius 1 is 1.13 bits per heavy atom. The molecule has 4 aromatic rings. The molecule has 240 valence electrons. The van der Waals surface area contributed by atoms with Crippen molar-refractivity contribution in [3.05, 3.63) is 27.9 Å². The minimum absolute atomic E-state index is 0.0440. The standard InChI is InChI=1S/C21H23N9O11P2S2/c22-16-9-8(24-4-25-16)15(45-29-9)14-11(31)13-7(38-14)2-36-42(33,34)40-12-6-1-21(6,3-37-43(35,44)41-13)39-19(12)30-5-26-10-17(30)27-20(23)28-18(10)32/h4-7,11-14,19,31H,1-3H2,(H,33,34)(H,35,44)(H2,22,24,25)(H3,23,27,28,32)/t6?,7-,11-,12-,13-,14-,19-,21-,43?/m1/s1. The Kier molecular flexibility index (Phi) is 6.77. The minimum atomic E-state index is -4.87. The van der Waals surface area contributed by atoms with E-state index in [1.54, 1.807) is 0 Å². The van der Waals surface area contributed by atoms with Crippen LogP contribution in [0.4, 0.5) is 11.8 Å². The summed E-state index contributed by atoms with van der Waals surface area (Å²) in [6.07, 6.45) is -4.67. The molecule has 10 atom stereocenters. The van der Waals surface area contributed by atoms with Gasteiger partial charge in [-0.1, -0.05) is 0 Å². The second-order valence-electron chi connectivity index (χ2n) is 10.9. The van der Waals surface area contributed by atoms with Gasteiger partial charge in [0.25, 0.3) is 5.56 Å². The van der Waals surface area contributed by atoms with Gasteiger partial charge in [-0.15, -0.1) is 0 Å². The zero-order valence-electron chi connectivity index (χ0n) is 22.5. The van der Waals surface area contributed by atoms with Gasteiger partial charge >= 0.3 is 14.5 Å². The van der Waals surface area contributed by atoms with Crippen molar-refractivity contribution in [3.63, 3.8) is 0 Å². The highest BCUT2D eigenvalue weighted by Gasteiger charge is 2.70. The van der Waals surface area contributed by atoms with E-state index in [4.69, 9.17) is 50.8 Å². The highest BCUT2D eigenvalue weighted by atomic mass is 32.5. The topological polar surface area (TPSA) is 287 Å². The van der Waals surface area contributed by atoms with E-state index < -0.39 is 75.0 Å². The molecule has 0 radical (unpaired) electrons. The molecule has 24 heteroatoms. The van der Waals surface area contributed by atoms with E-state index in [0.29, 0.717) is 22.3 Å².